The number of ether oxygens (including phenoxy) is 2. The smallest absolute Gasteiger partial charge is 0.357 e. The molecule has 0 saturated heterocycles. The average Bonchev–Trinajstić information content (AvgIpc) is 2.61. The molecule has 24 heavy (non-hydrogen) atoms. The molecule has 2 aromatic carbocycles. The highest BCUT2D eigenvalue weighted by molar-refractivity contribution is 6.30. The Morgan fingerprint density at radius 3 is 2.62 bits per heavy atom. The maximum atomic E-state index is 12.0. The Kier molecular flexibility index (Phi) is 4.96. The molecule has 0 aliphatic heterocycles. The number of halogens is 1. The molecule has 0 atom stereocenters. The molecule has 0 spiro atoms. The third kappa shape index (κ3) is 3.66. The number of para-hydroxylation sites is 1. The lowest BCUT2D eigenvalue weighted by molar-refractivity contribution is 0.0519. The molecule has 122 valence electrons. The second-order valence-electron chi connectivity index (χ2n) is 5.16. The van der Waals surface area contributed by atoms with E-state index in [1.165, 1.54) is 0 Å². The zero-order valence-corrected chi connectivity index (χ0v) is 13.9. The van der Waals surface area contributed by atoms with E-state index in [4.69, 9.17) is 21.1 Å². The molecule has 3 aromatic rings. The summed E-state index contributed by atoms with van der Waals surface area (Å²) >= 11 is 5.89. The van der Waals surface area contributed by atoms with Crippen LogP contribution in [0.5, 0.6) is 5.75 Å². The maximum absolute atomic E-state index is 12.0. The number of rotatable bonds is 5. The molecule has 5 heteroatoms. The van der Waals surface area contributed by atoms with Crippen molar-refractivity contribution in [1.82, 2.24) is 4.98 Å². The highest BCUT2D eigenvalue weighted by Gasteiger charge is 2.13. The third-order valence-corrected chi connectivity index (χ3v) is 3.72. The van der Waals surface area contributed by atoms with Crippen LogP contribution in [0.15, 0.2) is 54.6 Å². The lowest BCUT2D eigenvalue weighted by atomic mass is 10.1. The fourth-order valence-corrected chi connectivity index (χ4v) is 2.44. The van der Waals surface area contributed by atoms with E-state index in [-0.39, 0.29) is 5.69 Å². The maximum Gasteiger partial charge on any atom is 0.357 e. The fraction of sp³-hybridized carbons (Fsp3) is 0.158. The topological polar surface area (TPSA) is 48.4 Å². The highest BCUT2D eigenvalue weighted by Crippen LogP contribution is 2.26. The van der Waals surface area contributed by atoms with Crippen LogP contribution in [-0.4, -0.2) is 17.6 Å². The summed E-state index contributed by atoms with van der Waals surface area (Å²) in [5.74, 6) is 0.137. The van der Waals surface area contributed by atoms with Crippen molar-refractivity contribution in [3.05, 3.63) is 70.9 Å². The van der Waals surface area contributed by atoms with E-state index in [9.17, 15) is 4.79 Å². The van der Waals surface area contributed by atoms with Crippen molar-refractivity contribution in [2.45, 2.75) is 13.5 Å². The van der Waals surface area contributed by atoms with Gasteiger partial charge in [0, 0.05) is 16.5 Å². The zero-order valence-electron chi connectivity index (χ0n) is 13.2. The normalized spacial score (nSPS) is 10.6. The van der Waals surface area contributed by atoms with E-state index in [0.717, 1.165) is 10.9 Å². The highest BCUT2D eigenvalue weighted by atomic mass is 35.5. The van der Waals surface area contributed by atoms with E-state index >= 15 is 0 Å². The average molecular weight is 342 g/mol. The minimum absolute atomic E-state index is 0.238. The summed E-state index contributed by atoms with van der Waals surface area (Å²) in [5, 5.41) is 1.53. The van der Waals surface area contributed by atoms with E-state index in [2.05, 4.69) is 4.98 Å². The number of carbonyl (C=O) groups is 1. The largest absolute Gasteiger partial charge is 0.488 e. The van der Waals surface area contributed by atoms with E-state index < -0.39 is 5.97 Å². The van der Waals surface area contributed by atoms with Gasteiger partial charge < -0.3 is 9.47 Å². The minimum Gasteiger partial charge on any atom is -0.488 e. The number of esters is 1. The molecule has 0 aliphatic carbocycles. The summed E-state index contributed by atoms with van der Waals surface area (Å²) in [6.45, 7) is 2.43. The van der Waals surface area contributed by atoms with Gasteiger partial charge in [0.2, 0.25) is 0 Å². The van der Waals surface area contributed by atoms with Crippen molar-refractivity contribution in [3.8, 4) is 5.75 Å². The van der Waals surface area contributed by atoms with E-state index in [0.29, 0.717) is 29.5 Å². The third-order valence-electron chi connectivity index (χ3n) is 3.47. The second-order valence-corrected chi connectivity index (χ2v) is 5.59. The molecule has 3 rings (SSSR count). The lowest BCUT2D eigenvalue weighted by Gasteiger charge is -2.11. The van der Waals surface area contributed by atoms with Crippen molar-refractivity contribution in [1.29, 1.82) is 0 Å². The summed E-state index contributed by atoms with van der Waals surface area (Å²) in [6.07, 6.45) is 0. The van der Waals surface area contributed by atoms with Crippen molar-refractivity contribution in [2.24, 2.45) is 0 Å². The predicted octanol–water partition coefficient (Wildman–Crippen LogP) is 4.64. The van der Waals surface area contributed by atoms with Gasteiger partial charge >= 0.3 is 5.97 Å². The first-order valence-electron chi connectivity index (χ1n) is 7.61. The van der Waals surface area contributed by atoms with Crippen LogP contribution in [0, 0.1) is 0 Å². The van der Waals surface area contributed by atoms with Crippen LogP contribution in [0.4, 0.5) is 0 Å². The van der Waals surface area contributed by atoms with Gasteiger partial charge in [0.25, 0.3) is 0 Å². The van der Waals surface area contributed by atoms with Crippen LogP contribution < -0.4 is 4.74 Å². The molecule has 0 amide bonds. The number of fused-ring (bicyclic) bond motifs is 1. The molecular weight excluding hydrogens is 326 g/mol. The molecule has 1 aromatic heterocycles. The van der Waals surface area contributed by atoms with Crippen LogP contribution in [0.1, 0.15) is 23.0 Å². The van der Waals surface area contributed by atoms with Gasteiger partial charge in [-0.15, -0.1) is 0 Å². The Morgan fingerprint density at radius 1 is 1.12 bits per heavy atom. The van der Waals surface area contributed by atoms with Crippen molar-refractivity contribution >= 4 is 28.5 Å². The van der Waals surface area contributed by atoms with Gasteiger partial charge in [-0.2, -0.15) is 0 Å². The number of pyridine rings is 1. The number of benzene rings is 2. The molecule has 0 unspecified atom stereocenters. The van der Waals surface area contributed by atoms with Crippen molar-refractivity contribution in [2.75, 3.05) is 6.61 Å². The summed E-state index contributed by atoms with van der Waals surface area (Å²) in [7, 11) is 0. The number of hydrogen-bond donors (Lipinski definition) is 0. The first-order valence-corrected chi connectivity index (χ1v) is 7.99. The van der Waals surface area contributed by atoms with Gasteiger partial charge in [-0.05, 0) is 36.8 Å². The number of carbonyl (C=O) groups excluding carboxylic acids is 1. The summed E-state index contributed by atoms with van der Waals surface area (Å²) in [4.78, 5) is 16.3. The predicted molar refractivity (Wildman–Crippen MR) is 93.5 cm³/mol. The van der Waals surface area contributed by atoms with Gasteiger partial charge in [0.15, 0.2) is 5.69 Å². The van der Waals surface area contributed by atoms with Crippen LogP contribution in [0.2, 0.25) is 5.02 Å². The Morgan fingerprint density at radius 2 is 1.88 bits per heavy atom. The number of nitrogens with zero attached hydrogens (tertiary/aromatic N) is 1. The molecule has 0 bridgehead atoms. The molecule has 0 saturated carbocycles. The summed E-state index contributed by atoms with van der Waals surface area (Å²) < 4.78 is 11.0. The van der Waals surface area contributed by atoms with Crippen LogP contribution in [0.25, 0.3) is 10.9 Å². The summed E-state index contributed by atoms with van der Waals surface area (Å²) in [6, 6.07) is 16.6. The zero-order chi connectivity index (χ0) is 16.9. The second kappa shape index (κ2) is 7.32. The molecule has 0 N–H and O–H groups in total. The molecule has 0 aliphatic rings. The Hall–Kier alpha value is -2.59. The SMILES string of the molecule is CCOC(=O)c1cc(OCc2ccc(Cl)cc2)c2ccccc2n1. The molecular formula is C19H16ClNO3. The summed E-state index contributed by atoms with van der Waals surface area (Å²) in [5.41, 5.74) is 1.91. The standard InChI is InChI=1S/C19H16ClNO3/c1-2-23-19(22)17-11-18(15-5-3-4-6-16(15)21-17)24-12-13-7-9-14(20)10-8-13/h3-11H,2,12H2,1H3. The molecule has 0 radical (unpaired) electrons. The molecule has 1 heterocycles. The van der Waals surface area contributed by atoms with Gasteiger partial charge in [-0.3, -0.25) is 0 Å². The van der Waals surface area contributed by atoms with Crippen LogP contribution in [-0.2, 0) is 11.3 Å². The monoisotopic (exact) mass is 341 g/mol. The Balaban J connectivity index is 1.92. The van der Waals surface area contributed by atoms with Gasteiger partial charge in [-0.1, -0.05) is 35.9 Å². The quantitative estimate of drug-likeness (QED) is 0.634. The fourth-order valence-electron chi connectivity index (χ4n) is 2.31. The van der Waals surface area contributed by atoms with Gasteiger partial charge in [0.05, 0.1) is 12.1 Å². The first kappa shape index (κ1) is 16.3. The van der Waals surface area contributed by atoms with Crippen molar-refractivity contribution in [3.63, 3.8) is 0 Å². The van der Waals surface area contributed by atoms with Gasteiger partial charge in [0.1, 0.15) is 12.4 Å². The minimum atomic E-state index is -0.459. The van der Waals surface area contributed by atoms with E-state index in [1.54, 1.807) is 13.0 Å². The van der Waals surface area contributed by atoms with Crippen molar-refractivity contribution < 1.29 is 14.3 Å². The lowest BCUT2D eigenvalue weighted by Crippen LogP contribution is -2.08. The number of aromatic nitrogens is 1. The number of hydrogen-bond acceptors (Lipinski definition) is 4. The van der Waals surface area contributed by atoms with E-state index in [1.807, 2.05) is 48.5 Å². The Bertz CT molecular complexity index is 862. The van der Waals surface area contributed by atoms with Gasteiger partial charge in [-0.25, -0.2) is 9.78 Å². The van der Waals surface area contributed by atoms with Crippen LogP contribution in [0.3, 0.4) is 0 Å². The molecule has 0 fully saturated rings. The Labute approximate surface area is 145 Å². The van der Waals surface area contributed by atoms with Crippen LogP contribution >= 0.6 is 11.6 Å². The molecule has 4 nitrogen and oxygen atoms in total. The first-order chi connectivity index (χ1) is 11.7.